The molecule has 0 aliphatic heterocycles. The topological polar surface area (TPSA) is 55.4 Å². The average Bonchev–Trinajstić information content (AvgIpc) is 2.96. The van der Waals surface area contributed by atoms with Gasteiger partial charge in [-0.25, -0.2) is 0 Å². The summed E-state index contributed by atoms with van der Waals surface area (Å²) >= 11 is 0. The van der Waals surface area contributed by atoms with Crippen molar-refractivity contribution in [2.24, 2.45) is 5.41 Å². The van der Waals surface area contributed by atoms with E-state index in [1.54, 1.807) is 42.7 Å². The third-order valence-electron chi connectivity index (χ3n) is 7.45. The highest BCUT2D eigenvalue weighted by molar-refractivity contribution is 6.58. The van der Waals surface area contributed by atoms with Gasteiger partial charge in [0, 0.05) is 0 Å². The van der Waals surface area contributed by atoms with E-state index >= 15 is 0 Å². The summed E-state index contributed by atoms with van der Waals surface area (Å²) in [4.78, 5) is 0. The Morgan fingerprint density at radius 1 is 0.474 bits per heavy atom. The van der Waals surface area contributed by atoms with Gasteiger partial charge in [0.2, 0.25) is 0 Å². The summed E-state index contributed by atoms with van der Waals surface area (Å²) in [6.07, 6.45) is 0. The number of hydrogen-bond acceptors (Lipinski definition) is 6. The minimum absolute atomic E-state index is 0.209. The maximum Gasteiger partial charge on any atom is 0.160 e. The van der Waals surface area contributed by atoms with Crippen LogP contribution in [-0.2, 0) is 0 Å². The number of rotatable bonds is 15. The Bertz CT molecular complexity index is 1040. The van der Waals surface area contributed by atoms with E-state index in [1.807, 2.05) is 18.2 Å². The second kappa shape index (κ2) is 14.3. The summed E-state index contributed by atoms with van der Waals surface area (Å²) in [5.41, 5.74) is 0.209. The van der Waals surface area contributed by atoms with Gasteiger partial charge in [-0.05, 0) is 39.2 Å². The molecule has 0 N–H and O–H groups in total. The van der Waals surface area contributed by atoms with Gasteiger partial charge in [0.15, 0.2) is 34.5 Å². The Morgan fingerprint density at radius 2 is 0.763 bits per heavy atom. The monoisotopic (exact) mass is 570 g/mol. The van der Waals surface area contributed by atoms with Crippen LogP contribution in [0.5, 0.6) is 34.5 Å². The molecule has 38 heavy (non-hydrogen) atoms. The van der Waals surface area contributed by atoms with Gasteiger partial charge in [0.05, 0.1) is 71.2 Å². The molecule has 0 saturated heterocycles. The van der Waals surface area contributed by atoms with Crippen LogP contribution in [0.1, 0.15) is 6.92 Å². The number of ether oxygens (including phenoxy) is 6. The van der Waals surface area contributed by atoms with Gasteiger partial charge in [-0.3, -0.25) is 0 Å². The SMILES string of the molecule is COc1cccc([SiH2]CC(C)(C[SiH2]c2cccc(OC)c2OC)C[SiH2]c2cccc(OC)c2OC)c1OC. The molecule has 0 aliphatic carbocycles. The van der Waals surface area contributed by atoms with E-state index in [0.29, 0.717) is 0 Å². The molecule has 9 heteroatoms. The lowest BCUT2D eigenvalue weighted by atomic mass is 9.99. The van der Waals surface area contributed by atoms with E-state index in [1.165, 1.54) is 33.7 Å². The Labute approximate surface area is 234 Å². The second-order valence-corrected chi connectivity index (χ2v) is 15.1. The fourth-order valence-electron chi connectivity index (χ4n) is 5.14. The van der Waals surface area contributed by atoms with Crippen LogP contribution in [0.4, 0.5) is 0 Å². The second-order valence-electron chi connectivity index (χ2n) is 9.77. The number of benzene rings is 3. The molecule has 3 rings (SSSR count). The molecule has 0 aromatic heterocycles. The normalized spacial score (nSPS) is 13.3. The van der Waals surface area contributed by atoms with Gasteiger partial charge in [0.1, 0.15) is 0 Å². The highest BCUT2D eigenvalue weighted by Crippen LogP contribution is 2.34. The van der Waals surface area contributed by atoms with Crippen molar-refractivity contribution < 1.29 is 28.4 Å². The molecule has 0 radical (unpaired) electrons. The summed E-state index contributed by atoms with van der Waals surface area (Å²) in [6.45, 7) is 2.48. The van der Waals surface area contributed by atoms with Gasteiger partial charge in [-0.2, -0.15) is 0 Å². The van der Waals surface area contributed by atoms with Crippen LogP contribution >= 0.6 is 0 Å². The summed E-state index contributed by atoms with van der Waals surface area (Å²) in [5, 5.41) is 3.96. The highest BCUT2D eigenvalue weighted by Gasteiger charge is 2.27. The molecule has 6 nitrogen and oxygen atoms in total. The molecule has 206 valence electrons. The first-order chi connectivity index (χ1) is 18.4. The Balaban J connectivity index is 1.87. The van der Waals surface area contributed by atoms with Gasteiger partial charge in [-0.1, -0.05) is 61.5 Å². The van der Waals surface area contributed by atoms with Gasteiger partial charge >= 0.3 is 0 Å². The van der Waals surface area contributed by atoms with E-state index in [2.05, 4.69) is 43.3 Å². The smallest absolute Gasteiger partial charge is 0.160 e. The number of para-hydroxylation sites is 3. The zero-order valence-electron chi connectivity index (χ0n) is 23.9. The van der Waals surface area contributed by atoms with Crippen LogP contribution in [-0.4, -0.2) is 71.2 Å². The van der Waals surface area contributed by atoms with Crippen LogP contribution in [0.3, 0.4) is 0 Å². The molecular formula is C29H42O6Si3. The largest absolute Gasteiger partial charge is 0.493 e. The molecule has 0 fully saturated rings. The third-order valence-corrected chi connectivity index (χ3v) is 15.1. The number of methoxy groups -OCH3 is 6. The maximum absolute atomic E-state index is 5.77. The van der Waals surface area contributed by atoms with Crippen molar-refractivity contribution in [3.05, 3.63) is 54.6 Å². The maximum atomic E-state index is 5.77. The lowest BCUT2D eigenvalue weighted by Gasteiger charge is -2.31. The first kappa shape index (κ1) is 29.7. The van der Waals surface area contributed by atoms with Crippen LogP contribution in [0.25, 0.3) is 0 Å². The molecule has 0 spiro atoms. The van der Waals surface area contributed by atoms with E-state index in [0.717, 1.165) is 34.5 Å². The summed E-state index contributed by atoms with van der Waals surface area (Å²) in [6, 6.07) is 22.3. The fraction of sp³-hybridized carbons (Fsp3) is 0.379. The minimum Gasteiger partial charge on any atom is -0.493 e. The molecule has 0 aliphatic rings. The minimum atomic E-state index is -0.613. The zero-order chi connectivity index (χ0) is 27.5. The molecule has 0 heterocycles. The molecule has 0 bridgehead atoms. The van der Waals surface area contributed by atoms with Gasteiger partial charge in [0.25, 0.3) is 0 Å². The Kier molecular flexibility index (Phi) is 11.2. The Morgan fingerprint density at radius 3 is 1.00 bits per heavy atom. The van der Waals surface area contributed by atoms with Crippen LogP contribution in [0.2, 0.25) is 18.1 Å². The third kappa shape index (κ3) is 7.15. The average molecular weight is 571 g/mol. The van der Waals surface area contributed by atoms with Crippen molar-refractivity contribution in [2.75, 3.05) is 42.7 Å². The first-order valence-electron chi connectivity index (χ1n) is 13.0. The van der Waals surface area contributed by atoms with Crippen LogP contribution < -0.4 is 44.0 Å². The fourth-order valence-corrected chi connectivity index (χ4v) is 13.3. The standard InChI is InChI=1S/C29H42O6Si3/c1-29(17-36-23-14-8-11-20(30-2)26(23)33-5,18-37-24-15-9-12-21(31-3)27(24)34-6)19-38-25-16-10-13-22(32-4)28(25)35-7/h8-16H,17-19,36-38H2,1-7H3. The van der Waals surface area contributed by atoms with Gasteiger partial charge < -0.3 is 28.4 Å². The van der Waals surface area contributed by atoms with Gasteiger partial charge in [-0.15, -0.1) is 0 Å². The molecule has 0 amide bonds. The predicted molar refractivity (Wildman–Crippen MR) is 166 cm³/mol. The Hall–Kier alpha value is -2.89. The van der Waals surface area contributed by atoms with Crippen LogP contribution in [0, 0.1) is 5.41 Å². The van der Waals surface area contributed by atoms with Crippen LogP contribution in [0.15, 0.2) is 54.6 Å². The molecule has 3 aromatic carbocycles. The molecule has 0 atom stereocenters. The van der Waals surface area contributed by atoms with E-state index in [-0.39, 0.29) is 5.41 Å². The lowest BCUT2D eigenvalue weighted by Crippen LogP contribution is -2.32. The first-order valence-corrected chi connectivity index (χ1v) is 18.1. The predicted octanol–water partition coefficient (Wildman–Crippen LogP) is 1.78. The molecule has 0 saturated carbocycles. The van der Waals surface area contributed by atoms with E-state index in [4.69, 9.17) is 28.4 Å². The molecule has 3 aromatic rings. The van der Waals surface area contributed by atoms with Crippen molar-refractivity contribution >= 4 is 44.1 Å². The summed E-state index contributed by atoms with van der Waals surface area (Å²) in [7, 11) is 8.47. The van der Waals surface area contributed by atoms with E-state index < -0.39 is 28.6 Å². The van der Waals surface area contributed by atoms with Crippen molar-refractivity contribution in [1.29, 1.82) is 0 Å². The van der Waals surface area contributed by atoms with Crippen molar-refractivity contribution in [3.63, 3.8) is 0 Å². The van der Waals surface area contributed by atoms with Crippen molar-refractivity contribution in [3.8, 4) is 34.5 Å². The molecular weight excluding hydrogens is 529 g/mol. The van der Waals surface area contributed by atoms with Crippen molar-refractivity contribution in [1.82, 2.24) is 0 Å². The van der Waals surface area contributed by atoms with Crippen molar-refractivity contribution in [2.45, 2.75) is 25.1 Å². The number of hydrogen-bond donors (Lipinski definition) is 0. The lowest BCUT2D eigenvalue weighted by molar-refractivity contribution is 0.357. The quantitative estimate of drug-likeness (QED) is 0.260. The summed E-state index contributed by atoms with van der Waals surface area (Å²) in [5.74, 6) is 5.10. The van der Waals surface area contributed by atoms with E-state index in [9.17, 15) is 0 Å². The highest BCUT2D eigenvalue weighted by atomic mass is 28.2. The molecule has 0 unspecified atom stereocenters. The zero-order valence-corrected chi connectivity index (χ0v) is 28.1. The summed E-state index contributed by atoms with van der Waals surface area (Å²) < 4.78 is 34.0.